The van der Waals surface area contributed by atoms with Crippen LogP contribution in [-0.4, -0.2) is 30.3 Å². The molecule has 0 amide bonds. The van der Waals surface area contributed by atoms with Crippen LogP contribution >= 0.6 is 23.2 Å². The summed E-state index contributed by atoms with van der Waals surface area (Å²) in [5.41, 5.74) is 0. The Balaban J connectivity index is 0.00000144. The van der Waals surface area contributed by atoms with Crippen molar-refractivity contribution in [1.82, 2.24) is 0 Å². The van der Waals surface area contributed by atoms with Gasteiger partial charge in [0, 0.05) is 22.4 Å². The Morgan fingerprint density at radius 3 is 2.15 bits per heavy atom. The lowest BCUT2D eigenvalue weighted by atomic mass is 10.4. The molecule has 0 saturated carbocycles. The summed E-state index contributed by atoms with van der Waals surface area (Å²) in [4.78, 5) is -0.339. The van der Waals surface area contributed by atoms with E-state index in [0.29, 0.717) is 5.02 Å². The van der Waals surface area contributed by atoms with E-state index in [9.17, 15) is 8.42 Å². The molecule has 0 spiro atoms. The van der Waals surface area contributed by atoms with Gasteiger partial charge < -0.3 is 0 Å². The van der Waals surface area contributed by atoms with Gasteiger partial charge >= 0.3 is 0 Å². The van der Waals surface area contributed by atoms with E-state index < -0.39 is 10.1 Å². The van der Waals surface area contributed by atoms with E-state index in [4.69, 9.17) is 27.8 Å². The van der Waals surface area contributed by atoms with Crippen molar-refractivity contribution in [2.24, 2.45) is 0 Å². The van der Waals surface area contributed by atoms with Gasteiger partial charge in [0.25, 0.3) is 10.1 Å². The molecule has 1 aromatic carbocycles. The molecule has 69 valence electrons. The number of halogens is 2. The molecule has 3 radical (unpaired) electrons. The molecule has 1 N–H and O–H groups in total. The van der Waals surface area contributed by atoms with Crippen molar-refractivity contribution >= 4 is 50.7 Å². The van der Waals surface area contributed by atoms with Crippen LogP contribution in [0, 0.1) is 0 Å². The van der Waals surface area contributed by atoms with E-state index in [0.717, 1.165) is 6.07 Å². The molecule has 0 aromatic heterocycles. The molecule has 0 saturated heterocycles. The van der Waals surface area contributed by atoms with Crippen LogP contribution in [0.15, 0.2) is 23.1 Å². The fourth-order valence-electron chi connectivity index (χ4n) is 0.684. The van der Waals surface area contributed by atoms with Gasteiger partial charge in [-0.1, -0.05) is 23.2 Å². The summed E-state index contributed by atoms with van der Waals surface area (Å²) in [6, 6.07) is 3.71. The van der Waals surface area contributed by atoms with Gasteiger partial charge in [0.05, 0.1) is 5.02 Å². The lowest BCUT2D eigenvalue weighted by Crippen LogP contribution is -1.98. The molecule has 0 unspecified atom stereocenters. The average Bonchev–Trinajstić information content (AvgIpc) is 1.83. The van der Waals surface area contributed by atoms with Gasteiger partial charge in [0.1, 0.15) is 4.90 Å². The highest BCUT2D eigenvalue weighted by Gasteiger charge is 2.13. The van der Waals surface area contributed by atoms with Gasteiger partial charge in [-0.2, -0.15) is 8.42 Å². The van der Waals surface area contributed by atoms with Crippen LogP contribution in [0.3, 0.4) is 0 Å². The molecule has 3 nitrogen and oxygen atoms in total. The van der Waals surface area contributed by atoms with Gasteiger partial charge in [-0.3, -0.25) is 4.55 Å². The third-order valence-electron chi connectivity index (χ3n) is 1.17. The Morgan fingerprint density at radius 1 is 1.23 bits per heavy atom. The van der Waals surface area contributed by atoms with Crippen LogP contribution in [-0.2, 0) is 10.1 Å². The molecule has 0 atom stereocenters. The van der Waals surface area contributed by atoms with Crippen molar-refractivity contribution in [2.45, 2.75) is 4.90 Å². The number of hydrogen-bond acceptors (Lipinski definition) is 2. The second-order valence-electron chi connectivity index (χ2n) is 2.05. The van der Waals surface area contributed by atoms with Crippen LogP contribution in [0.25, 0.3) is 0 Å². The maximum Gasteiger partial charge on any atom is 0.296 e. The number of benzene rings is 1. The van der Waals surface area contributed by atoms with E-state index >= 15 is 0 Å². The summed E-state index contributed by atoms with van der Waals surface area (Å²) >= 11 is 11.0. The van der Waals surface area contributed by atoms with Crippen LogP contribution < -0.4 is 0 Å². The minimum atomic E-state index is -4.24. The molecule has 0 aliphatic carbocycles. The average molecular weight is 254 g/mol. The molecular formula is C6H4AlCl2O3S. The van der Waals surface area contributed by atoms with Crippen molar-refractivity contribution in [3.8, 4) is 0 Å². The highest BCUT2D eigenvalue weighted by molar-refractivity contribution is 7.86. The lowest BCUT2D eigenvalue weighted by molar-refractivity contribution is 0.483. The van der Waals surface area contributed by atoms with E-state index in [1.54, 1.807) is 0 Å². The fourth-order valence-corrected chi connectivity index (χ4v) is 1.93. The van der Waals surface area contributed by atoms with Gasteiger partial charge in [-0.15, -0.1) is 0 Å². The standard InChI is InChI=1S/C6H4Cl2O3S.Al/c7-4-1-2-6(5(8)3-4)12(9,10)11;/h1-3H,(H,9,10,11);. The quantitative estimate of drug-likeness (QED) is 0.614. The van der Waals surface area contributed by atoms with E-state index in [1.165, 1.54) is 12.1 Å². The molecule has 0 aliphatic heterocycles. The van der Waals surface area contributed by atoms with Crippen LogP contribution in [0.1, 0.15) is 0 Å². The zero-order chi connectivity index (χ0) is 9.35. The summed E-state index contributed by atoms with van der Waals surface area (Å²) in [5.74, 6) is 0. The van der Waals surface area contributed by atoms with Gasteiger partial charge in [-0.25, -0.2) is 0 Å². The first kappa shape index (κ1) is 13.2. The topological polar surface area (TPSA) is 54.4 Å². The first-order chi connectivity index (χ1) is 5.41. The zero-order valence-corrected chi connectivity index (χ0v) is 9.72. The van der Waals surface area contributed by atoms with Gasteiger partial charge in [0.2, 0.25) is 0 Å². The normalized spacial score (nSPS) is 10.7. The van der Waals surface area contributed by atoms with Crippen molar-refractivity contribution in [1.29, 1.82) is 0 Å². The Morgan fingerprint density at radius 2 is 1.77 bits per heavy atom. The van der Waals surface area contributed by atoms with Crippen LogP contribution in [0.5, 0.6) is 0 Å². The van der Waals surface area contributed by atoms with Crippen LogP contribution in [0.2, 0.25) is 10.0 Å². The highest BCUT2D eigenvalue weighted by atomic mass is 35.5. The maximum atomic E-state index is 10.6. The minimum Gasteiger partial charge on any atom is -0.282 e. The Kier molecular flexibility index (Phi) is 4.74. The first-order valence-electron chi connectivity index (χ1n) is 2.84. The Labute approximate surface area is 96.5 Å². The lowest BCUT2D eigenvalue weighted by Gasteiger charge is -1.99. The SMILES string of the molecule is O=S(=O)(O)c1ccc(Cl)cc1Cl.[Al]. The van der Waals surface area contributed by atoms with E-state index in [-0.39, 0.29) is 27.3 Å². The summed E-state index contributed by atoms with van der Waals surface area (Å²) in [7, 11) is -4.24. The van der Waals surface area contributed by atoms with Gasteiger partial charge in [0.15, 0.2) is 0 Å². The summed E-state index contributed by atoms with van der Waals surface area (Å²) < 4.78 is 29.8. The molecule has 0 fully saturated rings. The molecule has 1 aromatic rings. The third kappa shape index (κ3) is 3.47. The molecule has 0 aliphatic rings. The summed E-state index contributed by atoms with van der Waals surface area (Å²) in [5, 5.41) is 0.220. The second kappa shape index (κ2) is 4.65. The van der Waals surface area contributed by atoms with Crippen molar-refractivity contribution in [2.75, 3.05) is 0 Å². The number of rotatable bonds is 1. The zero-order valence-electron chi connectivity index (χ0n) is 6.24. The highest BCUT2D eigenvalue weighted by Crippen LogP contribution is 2.24. The molecule has 1 rings (SSSR count). The molecule has 7 heteroatoms. The van der Waals surface area contributed by atoms with E-state index in [2.05, 4.69) is 0 Å². The molecule has 13 heavy (non-hydrogen) atoms. The third-order valence-corrected chi connectivity index (χ3v) is 2.74. The Bertz CT molecular complexity index is 404. The smallest absolute Gasteiger partial charge is 0.282 e. The van der Waals surface area contributed by atoms with Crippen molar-refractivity contribution < 1.29 is 13.0 Å². The summed E-state index contributed by atoms with van der Waals surface area (Å²) in [6.07, 6.45) is 0. The molecular weight excluding hydrogens is 250 g/mol. The predicted molar refractivity (Wildman–Crippen MR) is 52.0 cm³/mol. The molecule has 0 bridgehead atoms. The molecule has 0 heterocycles. The van der Waals surface area contributed by atoms with Crippen molar-refractivity contribution in [3.05, 3.63) is 28.2 Å². The Hall–Kier alpha value is 0.242. The number of hydrogen-bond donors (Lipinski definition) is 1. The second-order valence-corrected chi connectivity index (χ2v) is 4.28. The fraction of sp³-hybridized carbons (Fsp3) is 0. The maximum absolute atomic E-state index is 10.6. The first-order valence-corrected chi connectivity index (χ1v) is 5.03. The monoisotopic (exact) mass is 253 g/mol. The van der Waals surface area contributed by atoms with E-state index in [1.807, 2.05) is 0 Å². The predicted octanol–water partition coefficient (Wildman–Crippen LogP) is 1.86. The summed E-state index contributed by atoms with van der Waals surface area (Å²) in [6.45, 7) is 0. The minimum absolute atomic E-state index is 0. The van der Waals surface area contributed by atoms with Gasteiger partial charge in [-0.05, 0) is 18.2 Å². The largest absolute Gasteiger partial charge is 0.296 e. The van der Waals surface area contributed by atoms with Crippen LogP contribution in [0.4, 0.5) is 0 Å². The van der Waals surface area contributed by atoms with Crippen molar-refractivity contribution in [3.63, 3.8) is 0 Å².